The average molecular weight is 776 g/mol. The van der Waals surface area contributed by atoms with Crippen molar-refractivity contribution in [3.8, 4) is 17.0 Å². The molecule has 2 N–H and O–H groups in total. The van der Waals surface area contributed by atoms with Crippen LogP contribution in [0.5, 0.6) is 5.88 Å². The number of alkyl halides is 3. The van der Waals surface area contributed by atoms with E-state index in [2.05, 4.69) is 9.97 Å². The van der Waals surface area contributed by atoms with Gasteiger partial charge in [-0.15, -0.1) is 0 Å². The number of nitrogen functional groups attached to an aromatic ring is 1. The molecule has 2 fully saturated rings. The molecule has 12 nitrogen and oxygen atoms in total. The van der Waals surface area contributed by atoms with Crippen molar-refractivity contribution in [1.82, 2.24) is 14.9 Å². The first-order chi connectivity index (χ1) is 25.4. The Morgan fingerprint density at radius 2 is 1.76 bits per heavy atom. The summed E-state index contributed by atoms with van der Waals surface area (Å²) in [6, 6.07) is 10.9. The maximum Gasteiger partial charge on any atom is 0.429 e. The highest BCUT2D eigenvalue weighted by atomic mass is 32.2. The van der Waals surface area contributed by atoms with Crippen molar-refractivity contribution < 1.29 is 45.4 Å². The first-order valence-corrected chi connectivity index (χ1v) is 20.0. The van der Waals surface area contributed by atoms with Crippen molar-refractivity contribution in [1.29, 1.82) is 0 Å². The molecule has 2 atom stereocenters. The molecule has 2 aliphatic heterocycles. The zero-order valence-electron chi connectivity index (χ0n) is 31.2. The molecule has 0 bridgehead atoms. The second-order valence-corrected chi connectivity index (χ2v) is 16.5. The number of aryl methyl sites for hydroxylation is 1. The Morgan fingerprint density at radius 1 is 1.04 bits per heavy atom. The van der Waals surface area contributed by atoms with E-state index in [0.29, 0.717) is 45.3 Å². The Morgan fingerprint density at radius 3 is 2.39 bits per heavy atom. The van der Waals surface area contributed by atoms with Gasteiger partial charge in [-0.3, -0.25) is 4.90 Å². The van der Waals surface area contributed by atoms with Crippen molar-refractivity contribution in [2.45, 2.75) is 83.0 Å². The molecule has 3 heterocycles. The number of halogens is 3. The number of amides is 1. The van der Waals surface area contributed by atoms with Crippen LogP contribution in [0.15, 0.2) is 53.4 Å². The van der Waals surface area contributed by atoms with Crippen LogP contribution in [0.3, 0.4) is 0 Å². The molecular formula is C38H48F3N5O7S. The Balaban J connectivity index is 1.41. The van der Waals surface area contributed by atoms with Gasteiger partial charge >= 0.3 is 18.2 Å². The summed E-state index contributed by atoms with van der Waals surface area (Å²) in [6.07, 6.45) is -4.11. The number of likely N-dealkylation sites (tertiary alicyclic amines) is 1. The van der Waals surface area contributed by atoms with Crippen molar-refractivity contribution in [3.63, 3.8) is 0 Å². The molecule has 0 saturated carbocycles. The van der Waals surface area contributed by atoms with E-state index in [4.69, 9.17) is 19.9 Å². The van der Waals surface area contributed by atoms with Crippen LogP contribution >= 0.6 is 0 Å². The van der Waals surface area contributed by atoms with Crippen LogP contribution in [-0.4, -0.2) is 86.7 Å². The van der Waals surface area contributed by atoms with Crippen LogP contribution in [0.1, 0.15) is 70.6 Å². The van der Waals surface area contributed by atoms with Gasteiger partial charge in [-0.25, -0.2) is 18.0 Å². The van der Waals surface area contributed by atoms with Crippen molar-refractivity contribution in [3.05, 3.63) is 59.7 Å². The molecule has 1 spiro atoms. The molecule has 0 radical (unpaired) electrons. The molecule has 2 saturated heterocycles. The van der Waals surface area contributed by atoms with Crippen LogP contribution < -0.4 is 15.4 Å². The monoisotopic (exact) mass is 775 g/mol. The highest BCUT2D eigenvalue weighted by molar-refractivity contribution is 7.90. The van der Waals surface area contributed by atoms with Crippen LogP contribution in [0.25, 0.3) is 11.1 Å². The van der Waals surface area contributed by atoms with E-state index in [0.717, 1.165) is 18.2 Å². The molecule has 0 aliphatic carbocycles. The van der Waals surface area contributed by atoms with Gasteiger partial charge in [0.25, 0.3) is 0 Å². The quantitative estimate of drug-likeness (QED) is 0.194. The summed E-state index contributed by atoms with van der Waals surface area (Å²) in [5, 5.41) is 0. The van der Waals surface area contributed by atoms with Gasteiger partial charge in [0.1, 0.15) is 11.9 Å². The number of ether oxygens (including phenoxy) is 3. The number of carbonyl (C=O) groups excluding carboxylic acids is 2. The normalized spacial score (nSPS) is 17.8. The number of nitrogens with zero attached hydrogens (tertiary/aromatic N) is 4. The van der Waals surface area contributed by atoms with Crippen LogP contribution in [0.2, 0.25) is 0 Å². The van der Waals surface area contributed by atoms with Gasteiger partial charge in [-0.1, -0.05) is 57.5 Å². The Bertz CT molecular complexity index is 1930. The molecule has 294 valence electrons. The van der Waals surface area contributed by atoms with E-state index >= 15 is 0 Å². The van der Waals surface area contributed by atoms with Gasteiger partial charge in [0, 0.05) is 37.5 Å². The lowest BCUT2D eigenvalue weighted by molar-refractivity contribution is -0.198. The zero-order chi connectivity index (χ0) is 39.4. The molecule has 3 aromatic rings. The summed E-state index contributed by atoms with van der Waals surface area (Å²) in [4.78, 5) is 37.6. The van der Waals surface area contributed by atoms with Crippen molar-refractivity contribution in [2.24, 2.45) is 11.3 Å². The van der Waals surface area contributed by atoms with E-state index in [1.165, 1.54) is 35.2 Å². The molecule has 1 unspecified atom stereocenters. The maximum absolute atomic E-state index is 15.0. The Kier molecular flexibility index (Phi) is 12.3. The predicted octanol–water partition coefficient (Wildman–Crippen LogP) is 6.78. The third kappa shape index (κ3) is 9.54. The van der Waals surface area contributed by atoms with Gasteiger partial charge in [-0.05, 0) is 72.8 Å². The molecule has 16 heteroatoms. The molecule has 5 rings (SSSR count). The minimum absolute atomic E-state index is 0.0272. The summed E-state index contributed by atoms with van der Waals surface area (Å²) in [6.45, 7) is 8.97. The second kappa shape index (κ2) is 16.4. The highest BCUT2D eigenvalue weighted by Crippen LogP contribution is 2.46. The average Bonchev–Trinajstić information content (AvgIpc) is 3.48. The number of benzene rings is 2. The Labute approximate surface area is 314 Å². The largest absolute Gasteiger partial charge is 0.464 e. The van der Waals surface area contributed by atoms with Gasteiger partial charge in [0.05, 0.1) is 18.1 Å². The molecule has 1 amide bonds. The fourth-order valence-electron chi connectivity index (χ4n) is 7.09. The number of aromatic nitrogens is 2. The molecule has 2 aliphatic rings. The first kappa shape index (κ1) is 40.6. The topological polar surface area (TPSA) is 154 Å². The molecular weight excluding hydrogens is 728 g/mol. The lowest BCUT2D eigenvalue weighted by Crippen LogP contribution is -2.44. The maximum atomic E-state index is 15.0. The van der Waals surface area contributed by atoms with Crippen LogP contribution in [0.4, 0.5) is 29.7 Å². The summed E-state index contributed by atoms with van der Waals surface area (Å²) < 4.78 is 86.0. The van der Waals surface area contributed by atoms with Gasteiger partial charge in [0.2, 0.25) is 17.9 Å². The minimum atomic E-state index is -4.91. The number of esters is 1. The number of anilines is 2. The minimum Gasteiger partial charge on any atom is -0.464 e. The predicted molar refractivity (Wildman–Crippen MR) is 197 cm³/mol. The number of nitrogens with two attached hydrogens (primary N) is 1. The number of piperidine rings is 1. The number of hydrogen-bond donors (Lipinski definition) is 1. The van der Waals surface area contributed by atoms with Crippen LogP contribution in [-0.2, 0) is 30.5 Å². The fourth-order valence-corrected chi connectivity index (χ4v) is 7.76. The molecule has 1 aromatic heterocycles. The highest BCUT2D eigenvalue weighted by Gasteiger charge is 2.51. The fraction of sp³-hybridized carbons (Fsp3) is 0.526. The van der Waals surface area contributed by atoms with Gasteiger partial charge in [0.15, 0.2) is 9.84 Å². The third-order valence-electron chi connectivity index (χ3n) is 9.74. The van der Waals surface area contributed by atoms with Crippen molar-refractivity contribution in [2.75, 3.05) is 49.7 Å². The number of rotatable bonds is 12. The SMILES string of the molecule is CCCc1ccc([C@@H](Oc2cc(N3CCC4(CC3)CC(C(=O)OCC)N(C(=O)OCC(C)C)C4)nc(N)n2)C(F)(F)F)c(-c2cccc(S(C)(=O)=O)c2)c1. The summed E-state index contributed by atoms with van der Waals surface area (Å²) in [7, 11) is -3.65. The molecule has 54 heavy (non-hydrogen) atoms. The summed E-state index contributed by atoms with van der Waals surface area (Å²) in [5.74, 6) is -0.793. The zero-order valence-corrected chi connectivity index (χ0v) is 32.0. The van der Waals surface area contributed by atoms with E-state index in [9.17, 15) is 31.2 Å². The second-order valence-electron chi connectivity index (χ2n) is 14.5. The van der Waals surface area contributed by atoms with Gasteiger partial charge in [-0.2, -0.15) is 23.1 Å². The van der Waals surface area contributed by atoms with E-state index in [1.54, 1.807) is 25.1 Å². The Hall–Kier alpha value is -4.60. The van der Waals surface area contributed by atoms with Gasteiger partial charge < -0.3 is 24.8 Å². The smallest absolute Gasteiger partial charge is 0.429 e. The number of sulfone groups is 1. The number of hydrogen-bond acceptors (Lipinski definition) is 11. The lowest BCUT2D eigenvalue weighted by Gasteiger charge is -2.39. The third-order valence-corrected chi connectivity index (χ3v) is 10.9. The van der Waals surface area contributed by atoms with E-state index in [-0.39, 0.29) is 52.5 Å². The summed E-state index contributed by atoms with van der Waals surface area (Å²) >= 11 is 0. The number of carbonyl (C=O) groups is 2. The van der Waals surface area contributed by atoms with Crippen molar-refractivity contribution >= 4 is 33.7 Å². The van der Waals surface area contributed by atoms with E-state index in [1.807, 2.05) is 25.7 Å². The van der Waals surface area contributed by atoms with E-state index < -0.39 is 51.5 Å². The van der Waals surface area contributed by atoms with Crippen LogP contribution in [0, 0.1) is 11.3 Å². The standard InChI is InChI=1S/C38H48F3N5O7S/c1-6-9-25-12-13-28(29(18-25)26-10-8-11-27(19-26)54(5,49)50)33(38(39,40)41)53-32-20-31(43-35(42)44-32)45-16-14-37(15-17-45)21-30(34(47)51-7-2)46(23-37)36(48)52-22-24(3)4/h8,10-13,18-20,24,30,33H,6-7,9,14-17,21-23H2,1-5H3,(H2,42,43,44)/t30?,33-/m1/s1. The summed E-state index contributed by atoms with van der Waals surface area (Å²) in [5.41, 5.74) is 6.65. The lowest BCUT2D eigenvalue weighted by atomic mass is 9.76. The first-order valence-electron chi connectivity index (χ1n) is 18.1. The molecule has 2 aromatic carbocycles.